The smallest absolute Gasteiger partial charge is 0.0615 e. The Balaban J connectivity index is 2.12. The van der Waals surface area contributed by atoms with Gasteiger partial charge in [-0.15, -0.1) is 0 Å². The van der Waals surface area contributed by atoms with Crippen LogP contribution < -0.4 is 11.1 Å². The highest BCUT2D eigenvalue weighted by Crippen LogP contribution is 2.24. The lowest BCUT2D eigenvalue weighted by molar-refractivity contribution is -0.0151. The molecule has 1 atom stereocenters. The summed E-state index contributed by atoms with van der Waals surface area (Å²) in [6.45, 7) is 4.41. The third-order valence-corrected chi connectivity index (χ3v) is 3.09. The Morgan fingerprint density at radius 3 is 2.75 bits per heavy atom. The summed E-state index contributed by atoms with van der Waals surface area (Å²) in [4.78, 5) is 0. The molecule has 0 radical (unpaired) electrons. The van der Waals surface area contributed by atoms with Gasteiger partial charge < -0.3 is 20.5 Å². The Morgan fingerprint density at radius 2 is 2.19 bits per heavy atom. The van der Waals surface area contributed by atoms with Gasteiger partial charge in [0.2, 0.25) is 0 Å². The normalized spacial score (nSPS) is 26.4. The van der Waals surface area contributed by atoms with Gasteiger partial charge in [0, 0.05) is 25.8 Å². The molecule has 0 aromatic heterocycles. The molecule has 0 heterocycles. The molecule has 1 aliphatic carbocycles. The van der Waals surface area contributed by atoms with Crippen molar-refractivity contribution in [3.8, 4) is 0 Å². The van der Waals surface area contributed by atoms with Crippen LogP contribution >= 0.6 is 0 Å². The lowest BCUT2D eigenvalue weighted by Crippen LogP contribution is -2.50. The maximum atomic E-state index is 5.54. The van der Waals surface area contributed by atoms with Gasteiger partial charge in [-0.3, -0.25) is 0 Å². The molecule has 0 aliphatic heterocycles. The van der Waals surface area contributed by atoms with Crippen LogP contribution in [0.5, 0.6) is 0 Å². The molecule has 0 saturated heterocycles. The average molecular weight is 230 g/mol. The molecule has 0 aromatic rings. The first-order valence-corrected chi connectivity index (χ1v) is 6.36. The monoisotopic (exact) mass is 230 g/mol. The van der Waals surface area contributed by atoms with Crippen molar-refractivity contribution in [3.05, 3.63) is 0 Å². The summed E-state index contributed by atoms with van der Waals surface area (Å²) < 4.78 is 10.7. The zero-order chi connectivity index (χ0) is 11.8. The van der Waals surface area contributed by atoms with Crippen molar-refractivity contribution >= 4 is 0 Å². The summed E-state index contributed by atoms with van der Waals surface area (Å²) in [5, 5.41) is 3.62. The lowest BCUT2D eigenvalue weighted by atomic mass is 9.88. The summed E-state index contributed by atoms with van der Waals surface area (Å²) in [5.74, 6) is 0. The van der Waals surface area contributed by atoms with E-state index in [0.717, 1.165) is 45.4 Å². The lowest BCUT2D eigenvalue weighted by Gasteiger charge is -2.38. The highest BCUT2D eigenvalue weighted by Gasteiger charge is 2.30. The van der Waals surface area contributed by atoms with Gasteiger partial charge in [-0.1, -0.05) is 0 Å². The Morgan fingerprint density at radius 1 is 1.44 bits per heavy atom. The number of methoxy groups -OCH3 is 1. The molecule has 4 heteroatoms. The quantitative estimate of drug-likeness (QED) is 0.618. The van der Waals surface area contributed by atoms with Gasteiger partial charge in [0.15, 0.2) is 0 Å². The van der Waals surface area contributed by atoms with Crippen LogP contribution in [0.15, 0.2) is 0 Å². The number of hydrogen-bond acceptors (Lipinski definition) is 4. The number of nitrogens with two attached hydrogens (primary N) is 1. The standard InChI is InChI=1S/C12H26N2O2/c1-3-16-12-7-11(8-12)14-10(9-15-2)5-4-6-13/h10-12,14H,3-9,13H2,1-2H3. The van der Waals surface area contributed by atoms with Crippen LogP contribution in [0.25, 0.3) is 0 Å². The highest BCUT2D eigenvalue weighted by molar-refractivity contribution is 4.88. The van der Waals surface area contributed by atoms with E-state index >= 15 is 0 Å². The van der Waals surface area contributed by atoms with Gasteiger partial charge in [-0.25, -0.2) is 0 Å². The summed E-state index contributed by atoms with van der Waals surface area (Å²) in [6.07, 6.45) is 4.90. The van der Waals surface area contributed by atoms with E-state index in [1.807, 2.05) is 0 Å². The van der Waals surface area contributed by atoms with Gasteiger partial charge in [-0.05, 0) is 39.2 Å². The van der Waals surface area contributed by atoms with Crippen molar-refractivity contribution in [2.75, 3.05) is 26.9 Å². The first-order chi connectivity index (χ1) is 7.80. The molecule has 1 fully saturated rings. The second-order valence-electron chi connectivity index (χ2n) is 4.50. The fourth-order valence-corrected chi connectivity index (χ4v) is 2.19. The third-order valence-electron chi connectivity index (χ3n) is 3.09. The van der Waals surface area contributed by atoms with Crippen LogP contribution in [0, 0.1) is 0 Å². The zero-order valence-corrected chi connectivity index (χ0v) is 10.6. The van der Waals surface area contributed by atoms with E-state index in [2.05, 4.69) is 12.2 Å². The largest absolute Gasteiger partial charge is 0.383 e. The van der Waals surface area contributed by atoms with Crippen molar-refractivity contribution in [3.63, 3.8) is 0 Å². The third kappa shape index (κ3) is 4.78. The van der Waals surface area contributed by atoms with Gasteiger partial charge in [0.1, 0.15) is 0 Å². The predicted octanol–water partition coefficient (Wildman–Crippen LogP) is 0.897. The molecule has 3 N–H and O–H groups in total. The van der Waals surface area contributed by atoms with Crippen molar-refractivity contribution in [1.82, 2.24) is 5.32 Å². The summed E-state index contributed by atoms with van der Waals surface area (Å²) in [6, 6.07) is 1.05. The molecule has 16 heavy (non-hydrogen) atoms. The molecule has 1 rings (SSSR count). The minimum Gasteiger partial charge on any atom is -0.383 e. The molecule has 1 aliphatic rings. The first-order valence-electron chi connectivity index (χ1n) is 6.36. The van der Waals surface area contributed by atoms with Crippen molar-refractivity contribution < 1.29 is 9.47 Å². The van der Waals surface area contributed by atoms with Crippen LogP contribution in [0.1, 0.15) is 32.6 Å². The maximum absolute atomic E-state index is 5.54. The minimum atomic E-state index is 0.445. The summed E-state index contributed by atoms with van der Waals surface area (Å²) in [7, 11) is 1.75. The molecule has 0 spiro atoms. The van der Waals surface area contributed by atoms with E-state index in [4.69, 9.17) is 15.2 Å². The van der Waals surface area contributed by atoms with Crippen LogP contribution in [0.2, 0.25) is 0 Å². The molecule has 1 unspecified atom stereocenters. The van der Waals surface area contributed by atoms with Crippen molar-refractivity contribution in [2.45, 2.75) is 50.8 Å². The van der Waals surface area contributed by atoms with Crippen LogP contribution in [0.4, 0.5) is 0 Å². The number of nitrogens with one attached hydrogen (secondary N) is 1. The van der Waals surface area contributed by atoms with Crippen LogP contribution in [0.3, 0.4) is 0 Å². The average Bonchev–Trinajstić information content (AvgIpc) is 2.23. The second kappa shape index (κ2) is 8.01. The van der Waals surface area contributed by atoms with E-state index < -0.39 is 0 Å². The summed E-state index contributed by atoms with van der Waals surface area (Å²) >= 11 is 0. The van der Waals surface area contributed by atoms with E-state index in [1.54, 1.807) is 7.11 Å². The Labute approximate surface area is 98.9 Å². The fraction of sp³-hybridized carbons (Fsp3) is 1.00. The molecular weight excluding hydrogens is 204 g/mol. The van der Waals surface area contributed by atoms with Gasteiger partial charge in [-0.2, -0.15) is 0 Å². The van der Waals surface area contributed by atoms with Crippen LogP contribution in [-0.2, 0) is 9.47 Å². The van der Waals surface area contributed by atoms with Crippen molar-refractivity contribution in [1.29, 1.82) is 0 Å². The number of rotatable bonds is 9. The van der Waals surface area contributed by atoms with Gasteiger partial charge >= 0.3 is 0 Å². The second-order valence-corrected chi connectivity index (χ2v) is 4.50. The molecule has 96 valence electrons. The fourth-order valence-electron chi connectivity index (χ4n) is 2.19. The van der Waals surface area contributed by atoms with E-state index in [0.29, 0.717) is 18.2 Å². The molecule has 0 amide bonds. The Kier molecular flexibility index (Phi) is 6.96. The Hall–Kier alpha value is -0.160. The molecule has 0 bridgehead atoms. The van der Waals surface area contributed by atoms with Gasteiger partial charge in [0.25, 0.3) is 0 Å². The molecular formula is C12H26N2O2. The van der Waals surface area contributed by atoms with E-state index in [9.17, 15) is 0 Å². The Bertz CT molecular complexity index is 172. The highest BCUT2D eigenvalue weighted by atomic mass is 16.5. The SMILES string of the molecule is CCOC1CC(NC(CCCN)COC)C1. The van der Waals surface area contributed by atoms with E-state index in [1.165, 1.54) is 0 Å². The molecule has 1 saturated carbocycles. The number of hydrogen-bond donors (Lipinski definition) is 2. The van der Waals surface area contributed by atoms with E-state index in [-0.39, 0.29) is 0 Å². The van der Waals surface area contributed by atoms with Crippen LogP contribution in [-0.4, -0.2) is 45.1 Å². The zero-order valence-electron chi connectivity index (χ0n) is 10.6. The summed E-state index contributed by atoms with van der Waals surface area (Å²) in [5.41, 5.74) is 5.52. The van der Waals surface area contributed by atoms with Crippen molar-refractivity contribution in [2.24, 2.45) is 5.73 Å². The first kappa shape index (κ1) is 13.9. The number of ether oxygens (including phenoxy) is 2. The topological polar surface area (TPSA) is 56.5 Å². The molecule has 0 aromatic carbocycles. The van der Waals surface area contributed by atoms with Gasteiger partial charge in [0.05, 0.1) is 12.7 Å². The minimum absolute atomic E-state index is 0.445. The predicted molar refractivity (Wildman–Crippen MR) is 65.5 cm³/mol. The molecule has 4 nitrogen and oxygen atoms in total. The maximum Gasteiger partial charge on any atom is 0.0615 e.